The summed E-state index contributed by atoms with van der Waals surface area (Å²) in [6, 6.07) is 16.2. The van der Waals surface area contributed by atoms with Crippen LogP contribution in [0.1, 0.15) is 130 Å². The number of fused-ring (bicyclic) bond motifs is 2. The van der Waals surface area contributed by atoms with Crippen LogP contribution in [0, 0.1) is 38.6 Å². The second kappa shape index (κ2) is 27.3. The summed E-state index contributed by atoms with van der Waals surface area (Å²) in [4.78, 5) is 80.9. The number of nitrogens with zero attached hydrogens (tertiary/aromatic N) is 9. The molecule has 2 saturated carbocycles. The van der Waals surface area contributed by atoms with E-state index in [9.17, 15) is 19.2 Å². The number of benzene rings is 4. The highest BCUT2D eigenvalue weighted by molar-refractivity contribution is 7.81. The third kappa shape index (κ3) is 16.7. The molecule has 0 atom stereocenters. The zero-order valence-electron chi connectivity index (χ0n) is 51.2. The molecule has 0 radical (unpaired) electrons. The summed E-state index contributed by atoms with van der Waals surface area (Å²) >= 11 is 10.3. The molecular weight excluding hydrogens is 1170 g/mol. The van der Waals surface area contributed by atoms with Crippen molar-refractivity contribution in [2.45, 2.75) is 143 Å². The first kappa shape index (κ1) is 66.5. The number of halogens is 2. The molecule has 25 heteroatoms. The minimum absolute atomic E-state index is 0.0115. The van der Waals surface area contributed by atoms with E-state index in [1.807, 2.05) is 13.0 Å². The molecule has 3 heterocycles. The highest BCUT2D eigenvalue weighted by Crippen LogP contribution is 2.44. The molecule has 9 rings (SSSR count). The van der Waals surface area contributed by atoms with Gasteiger partial charge in [-0.2, -0.15) is 15.0 Å². The normalized spacial score (nSPS) is 14.4. The number of hydrogen-bond acceptors (Lipinski definition) is 19. The second-order valence-corrected chi connectivity index (χ2v) is 24.3. The van der Waals surface area contributed by atoms with Crippen LogP contribution in [0.15, 0.2) is 65.7 Å². The van der Waals surface area contributed by atoms with Crippen LogP contribution in [0.3, 0.4) is 0 Å². The molecule has 4 aromatic carbocycles. The number of ether oxygens (including phenoxy) is 7. The lowest BCUT2D eigenvalue weighted by molar-refractivity contribution is -0.144. The SMILES string of the molecule is COC(=O)C(C)(C)Nc1cc(F)c2nc(C3CC3)nc(OCCOC(=O)OC(C)(C)C)c2c1.[C-]#[N+]c1ccc(N2C(=O)C(C)(C)N(c3cc(F)c4nc(C5CC5)nc(OCCOC(=O)OC(C)(C)C)c4c3)C2=S)cc1C.[C-]#[N+]c1ccc(N=C=S)cc1C. The molecule has 1 N–H and O–H groups in total. The van der Waals surface area contributed by atoms with E-state index in [0.717, 1.165) is 36.9 Å². The highest BCUT2D eigenvalue weighted by atomic mass is 32.1. The van der Waals surface area contributed by atoms with Crippen molar-refractivity contribution in [2.75, 3.05) is 48.7 Å². The number of esters is 1. The van der Waals surface area contributed by atoms with Crippen molar-refractivity contribution in [3.8, 4) is 11.8 Å². The monoisotopic (exact) mass is 1240 g/mol. The Morgan fingerprint density at radius 1 is 0.716 bits per heavy atom. The molecule has 3 fully saturated rings. The summed E-state index contributed by atoms with van der Waals surface area (Å²) in [5.41, 5.74) is 1.25. The predicted octanol–water partition coefficient (Wildman–Crippen LogP) is 14.4. The summed E-state index contributed by atoms with van der Waals surface area (Å²) in [5, 5.41) is 6.03. The van der Waals surface area contributed by atoms with E-state index < -0.39 is 52.2 Å². The zero-order chi connectivity index (χ0) is 64.6. The maximum Gasteiger partial charge on any atom is 0.508 e. The van der Waals surface area contributed by atoms with Gasteiger partial charge in [-0.15, -0.1) is 0 Å². The largest absolute Gasteiger partial charge is 0.508 e. The number of methoxy groups -OCH3 is 1. The molecule has 462 valence electrons. The number of thiocarbonyl (C=S) groups is 2. The Balaban J connectivity index is 0.000000216. The van der Waals surface area contributed by atoms with E-state index in [1.165, 1.54) is 24.1 Å². The van der Waals surface area contributed by atoms with Crippen LogP contribution in [0.4, 0.5) is 52.5 Å². The molecule has 3 aliphatic rings. The maximum atomic E-state index is 15.8. The summed E-state index contributed by atoms with van der Waals surface area (Å²) in [7, 11) is 1.28. The third-order valence-electron chi connectivity index (χ3n) is 13.3. The number of isothiocyanates is 1. The van der Waals surface area contributed by atoms with Gasteiger partial charge in [-0.25, -0.2) is 42.8 Å². The number of carbonyl (C=O) groups excluding carboxylic acids is 4. The molecule has 1 amide bonds. The Morgan fingerprint density at radius 2 is 1.20 bits per heavy atom. The van der Waals surface area contributed by atoms with Gasteiger partial charge in [0, 0.05) is 28.9 Å². The standard InChI is InChI=1S/C31H32FN5O5S.C23H30FN3O6.C9H6N2S/c1-17-14-19(10-11-23(17)33-7)36-27(38)31(5,6)37(28(36)43)20-15-21-24(22(32)16-20)34-25(18-8-9-18)35-26(21)40-12-13-41-29(39)42-30(2,3)4;1-22(2,3)33-21(29)32-10-9-31-19-15-11-14(27-23(4,5)20(28)30-6)12-16(24)17(15)25-18(26-19)13-7-8-13;1-7-5-8(11-6-12)3-4-9(7)10-2/h10-11,14-16,18H,8-9,12-13H2,1-6H3;11-13,27H,7-10H2,1-6H3;3-5H,1H3. The van der Waals surface area contributed by atoms with E-state index in [4.69, 9.17) is 58.5 Å². The smallest absolute Gasteiger partial charge is 0.474 e. The average Bonchev–Trinajstić information content (AvgIpc) is 3.20. The van der Waals surface area contributed by atoms with Gasteiger partial charge in [-0.05, 0) is 193 Å². The number of hydrogen-bond donors (Lipinski definition) is 1. The molecule has 0 spiro atoms. The second-order valence-electron chi connectivity index (χ2n) is 23.8. The van der Waals surface area contributed by atoms with Gasteiger partial charge in [-0.3, -0.25) is 9.69 Å². The van der Waals surface area contributed by atoms with Crippen LogP contribution in [0.25, 0.3) is 31.5 Å². The maximum absolute atomic E-state index is 15.8. The van der Waals surface area contributed by atoms with E-state index >= 15 is 8.78 Å². The van der Waals surface area contributed by atoms with Crippen LogP contribution < -0.4 is 24.6 Å². The highest BCUT2D eigenvalue weighted by Gasteiger charge is 2.50. The summed E-state index contributed by atoms with van der Waals surface area (Å²) < 4.78 is 67.7. The first-order valence-corrected chi connectivity index (χ1v) is 28.8. The molecule has 6 aromatic rings. The molecule has 2 aromatic heterocycles. The first-order chi connectivity index (χ1) is 41.4. The van der Waals surface area contributed by atoms with Crippen molar-refractivity contribution in [2.24, 2.45) is 4.99 Å². The molecular formula is C63H68F2N10O11S2. The molecule has 0 unspecified atom stereocenters. The molecule has 2 aliphatic carbocycles. The minimum Gasteiger partial charge on any atom is -0.474 e. The van der Waals surface area contributed by atoms with Gasteiger partial charge in [0.15, 0.2) is 28.1 Å². The van der Waals surface area contributed by atoms with Gasteiger partial charge in [0.25, 0.3) is 5.91 Å². The number of aliphatic imine (C=N–C) groups is 1. The topological polar surface area (TPSA) is 224 Å². The Morgan fingerprint density at radius 3 is 1.66 bits per heavy atom. The van der Waals surface area contributed by atoms with Crippen molar-refractivity contribution >= 4 is 115 Å². The van der Waals surface area contributed by atoms with Crippen molar-refractivity contribution in [3.63, 3.8) is 0 Å². The summed E-state index contributed by atoms with van der Waals surface area (Å²) in [5.74, 6) is -0.390. The van der Waals surface area contributed by atoms with Crippen LogP contribution in [0.2, 0.25) is 0 Å². The Hall–Kier alpha value is -9.03. The number of nitrogens with one attached hydrogen (secondary N) is 1. The number of aromatic nitrogens is 4. The van der Waals surface area contributed by atoms with E-state index in [2.05, 4.69) is 57.3 Å². The lowest BCUT2D eigenvalue weighted by Gasteiger charge is -2.29. The van der Waals surface area contributed by atoms with Gasteiger partial charge >= 0.3 is 18.3 Å². The van der Waals surface area contributed by atoms with Gasteiger partial charge in [0.2, 0.25) is 11.8 Å². The number of rotatable bonds is 16. The number of aryl methyl sites for hydroxylation is 2. The fourth-order valence-corrected chi connectivity index (χ4v) is 9.44. The molecule has 1 saturated heterocycles. The number of amides is 1. The Bertz CT molecular complexity index is 3840. The molecule has 1 aliphatic heterocycles. The van der Waals surface area contributed by atoms with Gasteiger partial charge in [-0.1, -0.05) is 12.1 Å². The predicted molar refractivity (Wildman–Crippen MR) is 334 cm³/mol. The third-order valence-corrected chi connectivity index (χ3v) is 13.8. The van der Waals surface area contributed by atoms with Crippen molar-refractivity contribution in [1.82, 2.24) is 19.9 Å². The zero-order valence-corrected chi connectivity index (χ0v) is 52.8. The van der Waals surface area contributed by atoms with Gasteiger partial charge < -0.3 is 43.4 Å². The van der Waals surface area contributed by atoms with Crippen LogP contribution >= 0.6 is 24.4 Å². The van der Waals surface area contributed by atoms with Crippen molar-refractivity contribution in [1.29, 1.82) is 0 Å². The molecule has 88 heavy (non-hydrogen) atoms. The fourth-order valence-electron chi connectivity index (χ4n) is 8.81. The van der Waals surface area contributed by atoms with Crippen LogP contribution in [-0.4, -0.2) is 110 Å². The van der Waals surface area contributed by atoms with E-state index in [0.29, 0.717) is 56.4 Å². The summed E-state index contributed by atoms with van der Waals surface area (Å²) in [6.45, 7) is 34.6. The fraction of sp³-hybridized carbons (Fsp3) is 0.429. The van der Waals surface area contributed by atoms with Crippen LogP contribution in [0.5, 0.6) is 11.8 Å². The number of carbonyl (C=O) groups is 4. The Labute approximate surface area is 519 Å². The first-order valence-electron chi connectivity index (χ1n) is 28.0. The average molecular weight is 1240 g/mol. The van der Waals surface area contributed by atoms with Crippen molar-refractivity contribution < 1.29 is 61.1 Å². The van der Waals surface area contributed by atoms with Gasteiger partial charge in [0.05, 0.1) is 41.9 Å². The molecule has 21 nitrogen and oxygen atoms in total. The lowest BCUT2D eigenvalue weighted by atomic mass is 10.0. The summed E-state index contributed by atoms with van der Waals surface area (Å²) in [6.07, 6.45) is 2.03. The van der Waals surface area contributed by atoms with E-state index in [1.54, 1.807) is 124 Å². The lowest BCUT2D eigenvalue weighted by Crippen LogP contribution is -2.44. The minimum atomic E-state index is -1.17. The van der Waals surface area contributed by atoms with Crippen LogP contribution in [-0.2, 0) is 33.3 Å². The Kier molecular flexibility index (Phi) is 20.7. The number of anilines is 3. The quantitative estimate of drug-likeness (QED) is 0.0237. The van der Waals surface area contributed by atoms with E-state index in [-0.39, 0.29) is 72.1 Å². The molecule has 0 bridgehead atoms. The van der Waals surface area contributed by atoms with Gasteiger partial charge in [0.1, 0.15) is 71.4 Å². The van der Waals surface area contributed by atoms with Crippen molar-refractivity contribution in [3.05, 3.63) is 118 Å².